The zero-order chi connectivity index (χ0) is 13.2. The molecule has 1 heterocycles. The molecule has 4 nitrogen and oxygen atoms in total. The van der Waals surface area contributed by atoms with Gasteiger partial charge < -0.3 is 4.74 Å². The van der Waals surface area contributed by atoms with Gasteiger partial charge in [0.15, 0.2) is 5.78 Å². The van der Waals surface area contributed by atoms with E-state index in [0.717, 1.165) is 12.8 Å². The molecule has 4 heteroatoms. The minimum atomic E-state index is -0.509. The van der Waals surface area contributed by atoms with E-state index >= 15 is 0 Å². The SMILES string of the molecule is CC(C)C(=O)[C@H]1CCCN1C(=O)OC(C)(C)C. The van der Waals surface area contributed by atoms with Crippen LogP contribution in [0.4, 0.5) is 4.79 Å². The highest BCUT2D eigenvalue weighted by Crippen LogP contribution is 2.23. The first-order chi connectivity index (χ1) is 7.72. The predicted octanol–water partition coefficient (Wildman–Crippen LogP) is 2.61. The Balaban J connectivity index is 2.70. The highest BCUT2D eigenvalue weighted by molar-refractivity contribution is 5.89. The average molecular weight is 241 g/mol. The van der Waals surface area contributed by atoms with E-state index in [4.69, 9.17) is 4.74 Å². The highest BCUT2D eigenvalue weighted by Gasteiger charge is 2.37. The van der Waals surface area contributed by atoms with E-state index in [1.807, 2.05) is 34.6 Å². The monoisotopic (exact) mass is 241 g/mol. The fourth-order valence-electron chi connectivity index (χ4n) is 1.99. The summed E-state index contributed by atoms with van der Waals surface area (Å²) in [5.41, 5.74) is -0.509. The van der Waals surface area contributed by atoms with Gasteiger partial charge in [-0.1, -0.05) is 13.8 Å². The minimum absolute atomic E-state index is 0.0389. The van der Waals surface area contributed by atoms with Crippen LogP contribution < -0.4 is 0 Å². The quantitative estimate of drug-likeness (QED) is 0.746. The van der Waals surface area contributed by atoms with E-state index in [-0.39, 0.29) is 23.8 Å². The standard InChI is InChI=1S/C13H23NO3/c1-9(2)11(15)10-7-6-8-14(10)12(16)17-13(3,4)5/h9-10H,6-8H2,1-5H3/t10-/m1/s1. The Morgan fingerprint density at radius 1 is 1.29 bits per heavy atom. The second-order valence-corrected chi connectivity index (χ2v) is 5.89. The van der Waals surface area contributed by atoms with Crippen molar-refractivity contribution in [3.8, 4) is 0 Å². The van der Waals surface area contributed by atoms with Gasteiger partial charge in [0, 0.05) is 12.5 Å². The van der Waals surface area contributed by atoms with Crippen LogP contribution >= 0.6 is 0 Å². The third-order valence-electron chi connectivity index (χ3n) is 2.78. The van der Waals surface area contributed by atoms with E-state index in [1.54, 1.807) is 4.90 Å². The maximum Gasteiger partial charge on any atom is 0.410 e. The second-order valence-electron chi connectivity index (χ2n) is 5.89. The fourth-order valence-corrected chi connectivity index (χ4v) is 1.99. The van der Waals surface area contributed by atoms with Crippen LogP contribution in [0.5, 0.6) is 0 Å². The Bertz CT molecular complexity index is 304. The van der Waals surface area contributed by atoms with Crippen molar-refractivity contribution in [2.45, 2.75) is 59.1 Å². The van der Waals surface area contributed by atoms with Gasteiger partial charge in [0.2, 0.25) is 0 Å². The van der Waals surface area contributed by atoms with Crippen LogP contribution in [-0.2, 0) is 9.53 Å². The number of Topliss-reactive ketones (excluding diaryl/α,β-unsaturated/α-hetero) is 1. The summed E-state index contributed by atoms with van der Waals surface area (Å²) in [5.74, 6) is 0.0939. The molecule has 98 valence electrons. The van der Waals surface area contributed by atoms with Crippen LogP contribution in [0, 0.1) is 5.92 Å². The largest absolute Gasteiger partial charge is 0.444 e. The van der Waals surface area contributed by atoms with Crippen LogP contribution in [0.25, 0.3) is 0 Å². The lowest BCUT2D eigenvalue weighted by molar-refractivity contribution is -0.126. The Labute approximate surface area is 103 Å². The minimum Gasteiger partial charge on any atom is -0.444 e. The van der Waals surface area contributed by atoms with Gasteiger partial charge in [-0.15, -0.1) is 0 Å². The van der Waals surface area contributed by atoms with Crippen molar-refractivity contribution in [3.63, 3.8) is 0 Å². The summed E-state index contributed by atoms with van der Waals surface area (Å²) in [6.45, 7) is 9.86. The summed E-state index contributed by atoms with van der Waals surface area (Å²) in [4.78, 5) is 25.5. The zero-order valence-electron chi connectivity index (χ0n) is 11.4. The molecule has 1 saturated heterocycles. The van der Waals surface area contributed by atoms with E-state index in [2.05, 4.69) is 0 Å². The topological polar surface area (TPSA) is 46.6 Å². The molecule has 0 aromatic rings. The van der Waals surface area contributed by atoms with Gasteiger partial charge in [0.1, 0.15) is 5.60 Å². The molecule has 1 aliphatic heterocycles. The number of hydrogen-bond acceptors (Lipinski definition) is 3. The molecule has 0 bridgehead atoms. The van der Waals surface area contributed by atoms with Crippen LogP contribution in [0.15, 0.2) is 0 Å². The molecule has 1 atom stereocenters. The van der Waals surface area contributed by atoms with E-state index < -0.39 is 5.60 Å². The van der Waals surface area contributed by atoms with Gasteiger partial charge in [-0.05, 0) is 33.6 Å². The van der Waals surface area contributed by atoms with Crippen molar-refractivity contribution < 1.29 is 14.3 Å². The molecule has 1 rings (SSSR count). The van der Waals surface area contributed by atoms with Crippen molar-refractivity contribution in [2.24, 2.45) is 5.92 Å². The van der Waals surface area contributed by atoms with Crippen molar-refractivity contribution in [1.29, 1.82) is 0 Å². The number of carbonyl (C=O) groups excluding carboxylic acids is 2. The Hall–Kier alpha value is -1.06. The van der Waals surface area contributed by atoms with E-state index in [9.17, 15) is 9.59 Å². The lowest BCUT2D eigenvalue weighted by Crippen LogP contribution is -2.44. The number of amides is 1. The molecule has 1 amide bonds. The normalized spacial score (nSPS) is 20.8. The molecule has 0 aromatic heterocycles. The first kappa shape index (κ1) is 14.0. The molecule has 0 aromatic carbocycles. The van der Waals surface area contributed by atoms with Gasteiger partial charge in [-0.3, -0.25) is 9.69 Å². The summed E-state index contributed by atoms with van der Waals surface area (Å²) < 4.78 is 5.32. The summed E-state index contributed by atoms with van der Waals surface area (Å²) >= 11 is 0. The Morgan fingerprint density at radius 2 is 1.88 bits per heavy atom. The van der Waals surface area contributed by atoms with Gasteiger partial charge in [-0.2, -0.15) is 0 Å². The molecule has 1 fully saturated rings. The summed E-state index contributed by atoms with van der Waals surface area (Å²) in [7, 11) is 0. The number of ether oxygens (including phenoxy) is 1. The summed E-state index contributed by atoms with van der Waals surface area (Å²) in [5, 5.41) is 0. The molecule has 0 N–H and O–H groups in total. The van der Waals surface area contributed by atoms with Gasteiger partial charge >= 0.3 is 6.09 Å². The maximum absolute atomic E-state index is 12.0. The molecular weight excluding hydrogens is 218 g/mol. The summed E-state index contributed by atoms with van der Waals surface area (Å²) in [6, 6.07) is -0.287. The van der Waals surface area contributed by atoms with Crippen molar-refractivity contribution in [2.75, 3.05) is 6.54 Å². The van der Waals surface area contributed by atoms with Crippen molar-refractivity contribution >= 4 is 11.9 Å². The van der Waals surface area contributed by atoms with Gasteiger partial charge in [0.05, 0.1) is 6.04 Å². The predicted molar refractivity (Wildman–Crippen MR) is 65.8 cm³/mol. The van der Waals surface area contributed by atoms with Crippen molar-refractivity contribution in [3.05, 3.63) is 0 Å². The second kappa shape index (κ2) is 5.07. The lowest BCUT2D eigenvalue weighted by atomic mass is 10.0. The number of nitrogens with zero attached hydrogens (tertiary/aromatic N) is 1. The zero-order valence-corrected chi connectivity index (χ0v) is 11.4. The Morgan fingerprint density at radius 3 is 2.35 bits per heavy atom. The molecule has 17 heavy (non-hydrogen) atoms. The maximum atomic E-state index is 12.0. The molecule has 0 radical (unpaired) electrons. The first-order valence-corrected chi connectivity index (χ1v) is 6.25. The lowest BCUT2D eigenvalue weighted by Gasteiger charge is -2.28. The van der Waals surface area contributed by atoms with Crippen molar-refractivity contribution in [1.82, 2.24) is 4.90 Å². The molecule has 0 aliphatic carbocycles. The molecule has 0 unspecified atom stereocenters. The van der Waals surface area contributed by atoms with Gasteiger partial charge in [0.25, 0.3) is 0 Å². The summed E-state index contributed by atoms with van der Waals surface area (Å²) in [6.07, 6.45) is 1.27. The number of ketones is 1. The highest BCUT2D eigenvalue weighted by atomic mass is 16.6. The Kier molecular flexibility index (Phi) is 4.17. The smallest absolute Gasteiger partial charge is 0.410 e. The third-order valence-corrected chi connectivity index (χ3v) is 2.78. The van der Waals surface area contributed by atoms with Crippen LogP contribution in [-0.4, -0.2) is 35.0 Å². The number of carbonyl (C=O) groups is 2. The van der Waals surface area contributed by atoms with E-state index in [0.29, 0.717) is 6.54 Å². The molecule has 1 aliphatic rings. The number of likely N-dealkylation sites (tertiary alicyclic amines) is 1. The molecule has 0 saturated carbocycles. The number of hydrogen-bond donors (Lipinski definition) is 0. The molecular formula is C13H23NO3. The van der Waals surface area contributed by atoms with Gasteiger partial charge in [-0.25, -0.2) is 4.79 Å². The fraction of sp³-hybridized carbons (Fsp3) is 0.846. The third kappa shape index (κ3) is 3.72. The molecule has 0 spiro atoms. The van der Waals surface area contributed by atoms with Crippen LogP contribution in [0.1, 0.15) is 47.5 Å². The first-order valence-electron chi connectivity index (χ1n) is 6.25. The average Bonchev–Trinajstić information content (AvgIpc) is 2.61. The number of rotatable bonds is 2. The van der Waals surface area contributed by atoms with E-state index in [1.165, 1.54) is 0 Å². The van der Waals surface area contributed by atoms with Crippen LogP contribution in [0.2, 0.25) is 0 Å². The van der Waals surface area contributed by atoms with Crippen LogP contribution in [0.3, 0.4) is 0 Å².